The highest BCUT2D eigenvalue weighted by molar-refractivity contribution is 5.59. The molecule has 1 heterocycles. The van der Waals surface area contributed by atoms with Crippen molar-refractivity contribution in [2.24, 2.45) is 5.92 Å². The van der Waals surface area contributed by atoms with Gasteiger partial charge in [-0.25, -0.2) is 4.79 Å². The first kappa shape index (κ1) is 10.4. The van der Waals surface area contributed by atoms with E-state index in [2.05, 4.69) is 11.6 Å². The number of nitrogens with one attached hydrogen (secondary N) is 1. The van der Waals surface area contributed by atoms with Crippen LogP contribution in [-0.2, 0) is 0 Å². The van der Waals surface area contributed by atoms with Gasteiger partial charge < -0.3 is 10.2 Å². The molecule has 4 nitrogen and oxygen atoms in total. The second kappa shape index (κ2) is 4.00. The van der Waals surface area contributed by atoms with Crippen LogP contribution >= 0.6 is 0 Å². The van der Waals surface area contributed by atoms with Crippen LogP contribution in [0.4, 0.5) is 5.82 Å². The number of anilines is 1. The minimum absolute atomic E-state index is 0.245. The number of H-pyrrole nitrogens is 1. The van der Waals surface area contributed by atoms with E-state index < -0.39 is 5.76 Å². The van der Waals surface area contributed by atoms with Gasteiger partial charge in [0.1, 0.15) is 5.82 Å². The molecule has 76 valence electrons. The maximum atomic E-state index is 10.8. The second-order valence-electron chi connectivity index (χ2n) is 3.30. The van der Waals surface area contributed by atoms with Crippen LogP contribution in [0.5, 0.6) is 0 Å². The van der Waals surface area contributed by atoms with E-state index in [1.54, 1.807) is 12.2 Å². The molecule has 0 aliphatic heterocycles. The van der Waals surface area contributed by atoms with Gasteiger partial charge in [-0.15, -0.1) is 0 Å². The molecule has 1 rings (SSSR count). The molecule has 0 saturated carbocycles. The summed E-state index contributed by atoms with van der Waals surface area (Å²) in [5.41, 5.74) is 6.49. The first-order valence-electron chi connectivity index (χ1n) is 4.37. The summed E-state index contributed by atoms with van der Waals surface area (Å²) in [6, 6.07) is 0. The van der Waals surface area contributed by atoms with E-state index in [1.807, 2.05) is 13.8 Å². The summed E-state index contributed by atoms with van der Waals surface area (Å²) in [5, 5.41) is 0. The Morgan fingerprint density at radius 3 is 2.64 bits per heavy atom. The Morgan fingerprint density at radius 2 is 2.29 bits per heavy atom. The number of aromatic amines is 1. The minimum atomic E-state index is -0.541. The number of allylic oxidation sites excluding steroid dienone is 2. The van der Waals surface area contributed by atoms with Crippen LogP contribution in [-0.4, -0.2) is 4.98 Å². The van der Waals surface area contributed by atoms with E-state index in [0.29, 0.717) is 11.7 Å². The third kappa shape index (κ3) is 2.16. The van der Waals surface area contributed by atoms with Gasteiger partial charge in [0.05, 0.1) is 0 Å². The lowest BCUT2D eigenvalue weighted by atomic mass is 10.0. The number of nitrogens with two attached hydrogens (primary N) is 1. The largest absolute Gasteiger partial charge is 0.418 e. The van der Waals surface area contributed by atoms with Crippen molar-refractivity contribution in [2.45, 2.75) is 13.8 Å². The molecule has 0 amide bonds. The molecule has 14 heavy (non-hydrogen) atoms. The SMILES string of the molecule is C=C/C(=C\c1oc(=O)[nH]c1N)C(C)C. The lowest BCUT2D eigenvalue weighted by Gasteiger charge is -2.04. The zero-order valence-electron chi connectivity index (χ0n) is 8.33. The van der Waals surface area contributed by atoms with E-state index in [1.165, 1.54) is 0 Å². The fraction of sp³-hybridized carbons (Fsp3) is 0.300. The summed E-state index contributed by atoms with van der Waals surface area (Å²) in [5.74, 6) is 0.377. The second-order valence-corrected chi connectivity index (χ2v) is 3.30. The number of hydrogen-bond donors (Lipinski definition) is 2. The van der Waals surface area contributed by atoms with Crippen molar-refractivity contribution in [3.05, 3.63) is 34.5 Å². The molecule has 0 fully saturated rings. The van der Waals surface area contributed by atoms with Crippen molar-refractivity contribution in [1.29, 1.82) is 0 Å². The number of oxazole rings is 1. The zero-order chi connectivity index (χ0) is 10.7. The molecule has 0 aromatic carbocycles. The van der Waals surface area contributed by atoms with Crippen molar-refractivity contribution >= 4 is 11.9 Å². The van der Waals surface area contributed by atoms with Crippen molar-refractivity contribution in [1.82, 2.24) is 4.98 Å². The molecule has 0 saturated heterocycles. The normalized spacial score (nSPS) is 12.1. The highest BCUT2D eigenvalue weighted by Gasteiger charge is 2.06. The first-order valence-corrected chi connectivity index (χ1v) is 4.37. The van der Waals surface area contributed by atoms with Gasteiger partial charge in [-0.2, -0.15) is 0 Å². The van der Waals surface area contributed by atoms with Crippen LogP contribution < -0.4 is 11.5 Å². The fourth-order valence-corrected chi connectivity index (χ4v) is 1.07. The Bertz CT molecular complexity index is 410. The van der Waals surface area contributed by atoms with Crippen LogP contribution in [0.1, 0.15) is 19.6 Å². The molecule has 0 atom stereocenters. The highest BCUT2D eigenvalue weighted by atomic mass is 16.4. The van der Waals surface area contributed by atoms with E-state index >= 15 is 0 Å². The average molecular weight is 194 g/mol. The molecule has 3 N–H and O–H groups in total. The Hall–Kier alpha value is -1.71. The van der Waals surface area contributed by atoms with Crippen molar-refractivity contribution in [3.63, 3.8) is 0 Å². The lowest BCUT2D eigenvalue weighted by Crippen LogP contribution is -1.96. The van der Waals surface area contributed by atoms with E-state index in [-0.39, 0.29) is 5.82 Å². The predicted molar refractivity (Wildman–Crippen MR) is 56.8 cm³/mol. The maximum absolute atomic E-state index is 10.8. The molecule has 0 spiro atoms. The number of aromatic nitrogens is 1. The first-order chi connectivity index (χ1) is 6.54. The minimum Gasteiger partial charge on any atom is -0.406 e. The van der Waals surface area contributed by atoms with E-state index in [9.17, 15) is 4.79 Å². The van der Waals surface area contributed by atoms with Crippen LogP contribution in [0.25, 0.3) is 6.08 Å². The molecular weight excluding hydrogens is 180 g/mol. The molecule has 0 unspecified atom stereocenters. The number of hydrogen-bond acceptors (Lipinski definition) is 3. The lowest BCUT2D eigenvalue weighted by molar-refractivity contribution is 0.506. The Kier molecular flexibility index (Phi) is 2.96. The summed E-state index contributed by atoms with van der Waals surface area (Å²) < 4.78 is 4.84. The monoisotopic (exact) mass is 194 g/mol. The van der Waals surface area contributed by atoms with Gasteiger partial charge in [0.2, 0.25) is 0 Å². The van der Waals surface area contributed by atoms with E-state index in [4.69, 9.17) is 10.2 Å². The van der Waals surface area contributed by atoms with Crippen LogP contribution in [0.15, 0.2) is 27.4 Å². The van der Waals surface area contributed by atoms with Crippen molar-refractivity contribution < 1.29 is 4.42 Å². The summed E-state index contributed by atoms with van der Waals surface area (Å²) >= 11 is 0. The van der Waals surface area contributed by atoms with Crippen molar-refractivity contribution in [3.8, 4) is 0 Å². The molecule has 0 bridgehead atoms. The third-order valence-corrected chi connectivity index (χ3v) is 1.90. The van der Waals surface area contributed by atoms with Crippen LogP contribution in [0, 0.1) is 5.92 Å². The van der Waals surface area contributed by atoms with Gasteiger partial charge in [0, 0.05) is 0 Å². The van der Waals surface area contributed by atoms with Gasteiger partial charge in [0.25, 0.3) is 0 Å². The number of rotatable bonds is 3. The highest BCUT2D eigenvalue weighted by Crippen LogP contribution is 2.17. The average Bonchev–Trinajstić information content (AvgIpc) is 2.40. The van der Waals surface area contributed by atoms with Gasteiger partial charge in [0.15, 0.2) is 5.76 Å². The van der Waals surface area contributed by atoms with Gasteiger partial charge in [-0.05, 0) is 17.6 Å². The smallest absolute Gasteiger partial charge is 0.406 e. The summed E-state index contributed by atoms with van der Waals surface area (Å²) in [6.45, 7) is 7.72. The Morgan fingerprint density at radius 1 is 1.64 bits per heavy atom. The molecule has 1 aromatic heterocycles. The van der Waals surface area contributed by atoms with Crippen LogP contribution in [0.3, 0.4) is 0 Å². The number of nitrogen functional groups attached to an aromatic ring is 1. The van der Waals surface area contributed by atoms with E-state index in [0.717, 1.165) is 5.57 Å². The summed E-state index contributed by atoms with van der Waals surface area (Å²) in [7, 11) is 0. The molecule has 4 heteroatoms. The third-order valence-electron chi connectivity index (χ3n) is 1.90. The van der Waals surface area contributed by atoms with Gasteiger partial charge in [-0.3, -0.25) is 4.98 Å². The molecule has 0 aliphatic carbocycles. The molecular formula is C10H14N2O2. The van der Waals surface area contributed by atoms with Crippen LogP contribution in [0.2, 0.25) is 0 Å². The summed E-state index contributed by atoms with van der Waals surface area (Å²) in [6.07, 6.45) is 3.43. The fourth-order valence-electron chi connectivity index (χ4n) is 1.07. The summed E-state index contributed by atoms with van der Waals surface area (Å²) in [4.78, 5) is 13.1. The maximum Gasteiger partial charge on any atom is 0.418 e. The predicted octanol–water partition coefficient (Wildman–Crippen LogP) is 1.78. The van der Waals surface area contributed by atoms with Crippen molar-refractivity contribution in [2.75, 3.05) is 5.73 Å². The standard InChI is InChI=1S/C10H14N2O2/c1-4-7(6(2)3)5-8-9(11)12-10(13)14-8/h4-6H,1,11H2,2-3H3,(H,12,13)/b7-5+. The topological polar surface area (TPSA) is 72.0 Å². The zero-order valence-corrected chi connectivity index (χ0v) is 8.33. The Balaban J connectivity index is 3.12. The molecule has 1 aromatic rings. The molecule has 0 aliphatic rings. The Labute approximate surface area is 82.1 Å². The van der Waals surface area contributed by atoms with Gasteiger partial charge >= 0.3 is 5.76 Å². The molecule has 0 radical (unpaired) electrons. The quantitative estimate of drug-likeness (QED) is 0.720. The van der Waals surface area contributed by atoms with Gasteiger partial charge in [-0.1, -0.05) is 26.5 Å².